The van der Waals surface area contributed by atoms with Crippen molar-refractivity contribution in [3.8, 4) is 11.3 Å². The van der Waals surface area contributed by atoms with Crippen LogP contribution in [-0.4, -0.2) is 22.0 Å². The van der Waals surface area contributed by atoms with E-state index in [1.165, 1.54) is 24.2 Å². The molecule has 3 aromatic rings. The fourth-order valence-corrected chi connectivity index (χ4v) is 3.95. The van der Waals surface area contributed by atoms with Crippen LogP contribution in [0.4, 0.5) is 10.9 Å². The molecular formula is C18H18N4O2S. The third-order valence-electron chi connectivity index (χ3n) is 4.35. The molecule has 0 aliphatic heterocycles. The van der Waals surface area contributed by atoms with E-state index in [4.69, 9.17) is 10.3 Å². The van der Waals surface area contributed by atoms with E-state index >= 15 is 0 Å². The van der Waals surface area contributed by atoms with Crippen LogP contribution in [0.15, 0.2) is 40.9 Å². The van der Waals surface area contributed by atoms with Crippen molar-refractivity contribution in [2.24, 2.45) is 0 Å². The molecule has 0 unspecified atom stereocenters. The van der Waals surface area contributed by atoms with Crippen molar-refractivity contribution >= 4 is 28.1 Å². The van der Waals surface area contributed by atoms with E-state index in [1.807, 2.05) is 30.3 Å². The van der Waals surface area contributed by atoms with Gasteiger partial charge in [-0.05, 0) is 12.8 Å². The van der Waals surface area contributed by atoms with Gasteiger partial charge in [0, 0.05) is 17.7 Å². The Bertz CT molecular complexity index is 882. The van der Waals surface area contributed by atoms with E-state index in [9.17, 15) is 4.79 Å². The normalized spacial score (nSPS) is 14.7. The Kier molecular flexibility index (Phi) is 4.23. The Morgan fingerprint density at radius 2 is 2.00 bits per heavy atom. The number of carbonyl (C=O) groups is 1. The molecule has 1 aliphatic rings. The van der Waals surface area contributed by atoms with Crippen molar-refractivity contribution in [1.29, 1.82) is 0 Å². The molecule has 3 N–H and O–H groups in total. The molecule has 1 saturated carbocycles. The molecule has 128 valence electrons. The largest absolute Gasteiger partial charge is 0.382 e. The van der Waals surface area contributed by atoms with Gasteiger partial charge in [-0.25, -0.2) is 4.98 Å². The van der Waals surface area contributed by atoms with Crippen molar-refractivity contribution in [1.82, 2.24) is 10.1 Å². The SMILES string of the molecule is Nc1nc(NC2CCCC2)sc1C(=O)c1cc(-c2ccccc2)no1. The minimum absolute atomic E-state index is 0.168. The summed E-state index contributed by atoms with van der Waals surface area (Å²) in [6.45, 7) is 0. The predicted octanol–water partition coefficient (Wildman–Crippen LogP) is 3.97. The Hall–Kier alpha value is -2.67. The highest BCUT2D eigenvalue weighted by Crippen LogP contribution is 2.31. The highest BCUT2D eigenvalue weighted by molar-refractivity contribution is 7.18. The van der Waals surface area contributed by atoms with Gasteiger partial charge >= 0.3 is 0 Å². The zero-order valence-electron chi connectivity index (χ0n) is 13.6. The number of hydrogen-bond acceptors (Lipinski definition) is 7. The Balaban J connectivity index is 1.55. The first kappa shape index (κ1) is 15.8. The summed E-state index contributed by atoms with van der Waals surface area (Å²) in [5, 5.41) is 8.04. The Morgan fingerprint density at radius 3 is 2.76 bits per heavy atom. The number of rotatable bonds is 5. The second kappa shape index (κ2) is 6.68. The maximum atomic E-state index is 12.7. The maximum absolute atomic E-state index is 12.7. The van der Waals surface area contributed by atoms with Gasteiger partial charge in [-0.1, -0.05) is 59.7 Å². The van der Waals surface area contributed by atoms with Gasteiger partial charge in [0.05, 0.1) is 0 Å². The predicted molar refractivity (Wildman–Crippen MR) is 97.8 cm³/mol. The monoisotopic (exact) mass is 354 g/mol. The van der Waals surface area contributed by atoms with E-state index in [2.05, 4.69) is 15.5 Å². The topological polar surface area (TPSA) is 94.0 Å². The first-order valence-electron chi connectivity index (χ1n) is 8.30. The van der Waals surface area contributed by atoms with E-state index < -0.39 is 0 Å². The van der Waals surface area contributed by atoms with Crippen LogP contribution < -0.4 is 11.1 Å². The highest BCUT2D eigenvalue weighted by Gasteiger charge is 2.24. The van der Waals surface area contributed by atoms with Crippen molar-refractivity contribution in [3.63, 3.8) is 0 Å². The van der Waals surface area contributed by atoms with Crippen LogP contribution in [0.5, 0.6) is 0 Å². The van der Waals surface area contributed by atoms with Gasteiger partial charge in [0.2, 0.25) is 11.5 Å². The van der Waals surface area contributed by atoms with E-state index in [-0.39, 0.29) is 17.4 Å². The number of ketones is 1. The lowest BCUT2D eigenvalue weighted by Gasteiger charge is -2.09. The molecule has 1 fully saturated rings. The maximum Gasteiger partial charge on any atom is 0.244 e. The quantitative estimate of drug-likeness (QED) is 0.673. The van der Waals surface area contributed by atoms with Crippen LogP contribution in [0.2, 0.25) is 0 Å². The molecule has 0 atom stereocenters. The fourth-order valence-electron chi connectivity index (χ4n) is 3.04. The number of thiazole rings is 1. The summed E-state index contributed by atoms with van der Waals surface area (Å²) in [5.41, 5.74) is 7.46. The van der Waals surface area contributed by atoms with Gasteiger partial charge in [0.25, 0.3) is 0 Å². The second-order valence-electron chi connectivity index (χ2n) is 6.13. The average molecular weight is 354 g/mol. The standard InChI is InChI=1S/C18H18N4O2S/c19-17-16(25-18(21-17)20-12-8-4-5-9-12)15(23)14-10-13(22-24-14)11-6-2-1-3-7-11/h1-3,6-7,10,12H,4-5,8-9,19H2,(H,20,21). The molecule has 6 nitrogen and oxygen atoms in total. The molecule has 0 spiro atoms. The number of nitrogens with one attached hydrogen (secondary N) is 1. The van der Waals surface area contributed by atoms with Crippen molar-refractivity contribution < 1.29 is 9.32 Å². The van der Waals surface area contributed by atoms with Crippen molar-refractivity contribution in [2.45, 2.75) is 31.7 Å². The van der Waals surface area contributed by atoms with Gasteiger partial charge in [0.1, 0.15) is 16.4 Å². The lowest BCUT2D eigenvalue weighted by molar-refractivity contribution is 0.100. The summed E-state index contributed by atoms with van der Waals surface area (Å²) >= 11 is 1.27. The fraction of sp³-hybridized carbons (Fsp3) is 0.278. The van der Waals surface area contributed by atoms with Gasteiger partial charge in [-0.2, -0.15) is 0 Å². The van der Waals surface area contributed by atoms with Crippen LogP contribution in [0.3, 0.4) is 0 Å². The Morgan fingerprint density at radius 1 is 1.24 bits per heavy atom. The first-order chi connectivity index (χ1) is 12.2. The van der Waals surface area contributed by atoms with Gasteiger partial charge < -0.3 is 15.6 Å². The number of benzene rings is 1. The number of hydrogen-bond donors (Lipinski definition) is 2. The summed E-state index contributed by atoms with van der Waals surface area (Å²) < 4.78 is 5.24. The van der Waals surface area contributed by atoms with E-state index in [1.54, 1.807) is 6.07 Å². The molecule has 2 aromatic heterocycles. The number of nitrogens with two attached hydrogens (primary N) is 1. The van der Waals surface area contributed by atoms with Crippen LogP contribution in [0, 0.1) is 0 Å². The van der Waals surface area contributed by atoms with Gasteiger partial charge in [0.15, 0.2) is 5.13 Å². The van der Waals surface area contributed by atoms with Gasteiger partial charge in [-0.15, -0.1) is 0 Å². The number of anilines is 2. The summed E-state index contributed by atoms with van der Waals surface area (Å²) in [5.74, 6) is 0.110. The van der Waals surface area contributed by atoms with Crippen LogP contribution in [0.25, 0.3) is 11.3 Å². The molecule has 1 aromatic carbocycles. The van der Waals surface area contributed by atoms with Crippen LogP contribution in [0.1, 0.15) is 41.1 Å². The smallest absolute Gasteiger partial charge is 0.244 e. The van der Waals surface area contributed by atoms with E-state index in [0.717, 1.165) is 18.4 Å². The number of nitrogens with zero attached hydrogens (tertiary/aromatic N) is 2. The second-order valence-corrected chi connectivity index (χ2v) is 7.13. The third-order valence-corrected chi connectivity index (χ3v) is 5.35. The lowest BCUT2D eigenvalue weighted by atomic mass is 10.1. The number of nitrogen functional groups attached to an aromatic ring is 1. The molecule has 0 radical (unpaired) electrons. The molecular weight excluding hydrogens is 336 g/mol. The average Bonchev–Trinajstić information content (AvgIpc) is 3.36. The molecule has 1 aliphatic carbocycles. The third kappa shape index (κ3) is 3.28. The number of carbonyl (C=O) groups excluding carboxylic acids is 1. The summed E-state index contributed by atoms with van der Waals surface area (Å²) in [4.78, 5) is 17.4. The molecule has 0 bridgehead atoms. The van der Waals surface area contributed by atoms with Crippen molar-refractivity contribution in [2.75, 3.05) is 11.1 Å². The van der Waals surface area contributed by atoms with Crippen LogP contribution >= 0.6 is 11.3 Å². The summed E-state index contributed by atoms with van der Waals surface area (Å²) in [6.07, 6.45) is 4.71. The molecule has 25 heavy (non-hydrogen) atoms. The summed E-state index contributed by atoms with van der Waals surface area (Å²) in [7, 11) is 0. The zero-order valence-corrected chi connectivity index (χ0v) is 14.4. The Labute approximate surface area is 149 Å². The minimum atomic E-state index is -0.288. The summed E-state index contributed by atoms with van der Waals surface area (Å²) in [6, 6.07) is 11.6. The molecule has 0 saturated heterocycles. The lowest BCUT2D eigenvalue weighted by Crippen LogP contribution is -2.14. The zero-order chi connectivity index (χ0) is 17.2. The first-order valence-corrected chi connectivity index (χ1v) is 9.12. The minimum Gasteiger partial charge on any atom is -0.382 e. The van der Waals surface area contributed by atoms with Crippen LogP contribution in [-0.2, 0) is 0 Å². The van der Waals surface area contributed by atoms with Crippen molar-refractivity contribution in [3.05, 3.63) is 47.0 Å². The molecule has 7 heteroatoms. The van der Waals surface area contributed by atoms with E-state index in [0.29, 0.717) is 21.7 Å². The van der Waals surface area contributed by atoms with Gasteiger partial charge in [-0.3, -0.25) is 4.79 Å². The highest BCUT2D eigenvalue weighted by atomic mass is 32.1. The molecule has 4 rings (SSSR count). The number of aromatic nitrogens is 2. The molecule has 0 amide bonds. The molecule has 2 heterocycles.